The van der Waals surface area contributed by atoms with Gasteiger partial charge in [0.2, 0.25) is 0 Å². The first-order valence-electron chi connectivity index (χ1n) is 4.69. The molecule has 15 heavy (non-hydrogen) atoms. The first-order chi connectivity index (χ1) is 7.17. The molecule has 1 unspecified atom stereocenters. The second kappa shape index (κ2) is 5.67. The van der Waals surface area contributed by atoms with Gasteiger partial charge in [-0.3, -0.25) is 4.79 Å². The van der Waals surface area contributed by atoms with E-state index in [0.29, 0.717) is 12.2 Å². The molecule has 0 bridgehead atoms. The number of nitrogens with zero attached hydrogens (tertiary/aromatic N) is 1. The number of amides is 1. The maximum Gasteiger partial charge on any atom is 0.270 e. The number of anilines is 1. The Morgan fingerprint density at radius 1 is 1.73 bits per heavy atom. The van der Waals surface area contributed by atoms with Crippen LogP contribution in [0.5, 0.6) is 0 Å². The second-order valence-electron chi connectivity index (χ2n) is 3.29. The van der Waals surface area contributed by atoms with Gasteiger partial charge in [0.05, 0.1) is 0 Å². The van der Waals surface area contributed by atoms with Crippen LogP contribution in [-0.4, -0.2) is 36.2 Å². The number of nitrogens with one attached hydrogen (secondary N) is 2. The van der Waals surface area contributed by atoms with Crippen molar-refractivity contribution in [2.45, 2.75) is 6.92 Å². The van der Waals surface area contributed by atoms with Crippen LogP contribution in [0.1, 0.15) is 17.4 Å². The highest BCUT2D eigenvalue weighted by molar-refractivity contribution is 7.13. The van der Waals surface area contributed by atoms with Crippen LogP contribution in [0, 0.1) is 5.92 Å². The third-order valence-corrected chi connectivity index (χ3v) is 2.73. The summed E-state index contributed by atoms with van der Waals surface area (Å²) in [5.41, 5.74) is 0.412. The molecule has 84 valence electrons. The number of aliphatic hydroxyl groups excluding tert-OH is 1. The monoisotopic (exact) mass is 229 g/mol. The molecule has 3 N–H and O–H groups in total. The topological polar surface area (TPSA) is 74.2 Å². The van der Waals surface area contributed by atoms with E-state index in [1.165, 1.54) is 11.3 Å². The smallest absolute Gasteiger partial charge is 0.270 e. The first kappa shape index (κ1) is 11.9. The number of thiazole rings is 1. The van der Waals surface area contributed by atoms with E-state index >= 15 is 0 Å². The molecule has 0 saturated heterocycles. The van der Waals surface area contributed by atoms with E-state index in [0.717, 1.165) is 5.13 Å². The van der Waals surface area contributed by atoms with Gasteiger partial charge in [0.1, 0.15) is 5.69 Å². The molecule has 0 fully saturated rings. The molecule has 1 rings (SSSR count). The third-order valence-electron chi connectivity index (χ3n) is 1.87. The lowest BCUT2D eigenvalue weighted by Gasteiger charge is -2.07. The Morgan fingerprint density at radius 2 is 2.47 bits per heavy atom. The van der Waals surface area contributed by atoms with Gasteiger partial charge in [-0.1, -0.05) is 6.92 Å². The number of hydrogen-bond acceptors (Lipinski definition) is 5. The fourth-order valence-electron chi connectivity index (χ4n) is 0.915. The molecule has 0 saturated carbocycles. The van der Waals surface area contributed by atoms with Gasteiger partial charge in [-0.2, -0.15) is 0 Å². The molecule has 1 amide bonds. The van der Waals surface area contributed by atoms with Crippen molar-refractivity contribution in [1.82, 2.24) is 10.3 Å². The molecule has 0 aliphatic carbocycles. The van der Waals surface area contributed by atoms with Gasteiger partial charge in [0.15, 0.2) is 5.13 Å². The summed E-state index contributed by atoms with van der Waals surface area (Å²) in [6, 6.07) is 0. The quantitative estimate of drug-likeness (QED) is 0.689. The minimum atomic E-state index is -0.201. The van der Waals surface area contributed by atoms with Gasteiger partial charge in [-0.15, -0.1) is 11.3 Å². The van der Waals surface area contributed by atoms with Gasteiger partial charge in [0.25, 0.3) is 5.91 Å². The van der Waals surface area contributed by atoms with Gasteiger partial charge < -0.3 is 15.7 Å². The average Bonchev–Trinajstić information content (AvgIpc) is 2.73. The SMILES string of the molecule is CNc1nc(C(=O)NCC(C)CO)cs1. The number of rotatable bonds is 5. The fourth-order valence-corrected chi connectivity index (χ4v) is 1.57. The highest BCUT2D eigenvalue weighted by Gasteiger charge is 2.10. The first-order valence-corrected chi connectivity index (χ1v) is 5.57. The summed E-state index contributed by atoms with van der Waals surface area (Å²) in [6.07, 6.45) is 0. The van der Waals surface area contributed by atoms with Crippen molar-refractivity contribution in [2.75, 3.05) is 25.5 Å². The van der Waals surface area contributed by atoms with Crippen LogP contribution in [-0.2, 0) is 0 Å². The van der Waals surface area contributed by atoms with E-state index in [1.807, 2.05) is 6.92 Å². The predicted octanol–water partition coefficient (Wildman–Crippen LogP) is 0.543. The molecule has 1 atom stereocenters. The summed E-state index contributed by atoms with van der Waals surface area (Å²) in [6.45, 7) is 2.39. The Labute approximate surface area is 92.5 Å². The molecule has 1 aromatic heterocycles. The Morgan fingerprint density at radius 3 is 3.00 bits per heavy atom. The molecule has 6 heteroatoms. The number of hydrogen-bond donors (Lipinski definition) is 3. The highest BCUT2D eigenvalue weighted by Crippen LogP contribution is 2.13. The van der Waals surface area contributed by atoms with Crippen LogP contribution >= 0.6 is 11.3 Å². The molecule has 0 aliphatic rings. The molecular formula is C9H15N3O2S. The molecule has 1 aromatic rings. The normalized spacial score (nSPS) is 12.2. The van der Waals surface area contributed by atoms with Gasteiger partial charge in [-0.25, -0.2) is 4.98 Å². The maximum absolute atomic E-state index is 11.5. The predicted molar refractivity (Wildman–Crippen MR) is 60.2 cm³/mol. The van der Waals surface area contributed by atoms with Crippen molar-refractivity contribution in [1.29, 1.82) is 0 Å². The maximum atomic E-state index is 11.5. The zero-order valence-electron chi connectivity index (χ0n) is 8.78. The third kappa shape index (κ3) is 3.49. The van der Waals surface area contributed by atoms with E-state index in [9.17, 15) is 4.79 Å². The number of carbonyl (C=O) groups is 1. The molecule has 1 heterocycles. The lowest BCUT2D eigenvalue weighted by Crippen LogP contribution is -2.29. The van der Waals surface area contributed by atoms with E-state index in [1.54, 1.807) is 12.4 Å². The van der Waals surface area contributed by atoms with E-state index in [2.05, 4.69) is 15.6 Å². The van der Waals surface area contributed by atoms with Crippen molar-refractivity contribution in [3.05, 3.63) is 11.1 Å². The van der Waals surface area contributed by atoms with Crippen LogP contribution in [0.3, 0.4) is 0 Å². The summed E-state index contributed by atoms with van der Waals surface area (Å²) < 4.78 is 0. The van der Waals surface area contributed by atoms with Crippen LogP contribution in [0.25, 0.3) is 0 Å². The lowest BCUT2D eigenvalue weighted by atomic mass is 10.2. The van der Waals surface area contributed by atoms with Gasteiger partial charge in [-0.05, 0) is 5.92 Å². The second-order valence-corrected chi connectivity index (χ2v) is 4.14. The van der Waals surface area contributed by atoms with Gasteiger partial charge in [0, 0.05) is 25.6 Å². The number of aromatic nitrogens is 1. The van der Waals surface area contributed by atoms with Crippen molar-refractivity contribution in [3.8, 4) is 0 Å². The van der Waals surface area contributed by atoms with Crippen molar-refractivity contribution < 1.29 is 9.90 Å². The average molecular weight is 229 g/mol. The molecular weight excluding hydrogens is 214 g/mol. The van der Waals surface area contributed by atoms with Crippen LogP contribution in [0.2, 0.25) is 0 Å². The number of carbonyl (C=O) groups excluding carboxylic acids is 1. The Hall–Kier alpha value is -1.14. The Kier molecular flexibility index (Phi) is 4.51. The standard InChI is InChI=1S/C9H15N3O2S/c1-6(4-13)3-11-8(14)7-5-15-9(10-2)12-7/h5-6,13H,3-4H2,1-2H3,(H,10,12)(H,11,14). The minimum absolute atomic E-state index is 0.0661. The molecule has 5 nitrogen and oxygen atoms in total. The zero-order chi connectivity index (χ0) is 11.3. The molecule has 0 spiro atoms. The fraction of sp³-hybridized carbons (Fsp3) is 0.556. The molecule has 0 aliphatic heterocycles. The van der Waals surface area contributed by atoms with Crippen LogP contribution < -0.4 is 10.6 Å². The van der Waals surface area contributed by atoms with Crippen molar-refractivity contribution in [3.63, 3.8) is 0 Å². The van der Waals surface area contributed by atoms with E-state index < -0.39 is 0 Å². The summed E-state index contributed by atoms with van der Waals surface area (Å²) >= 11 is 1.39. The van der Waals surface area contributed by atoms with Crippen molar-refractivity contribution >= 4 is 22.4 Å². The summed E-state index contributed by atoms with van der Waals surface area (Å²) in [5, 5.41) is 16.8. The molecule has 0 aromatic carbocycles. The van der Waals surface area contributed by atoms with Crippen LogP contribution in [0.4, 0.5) is 5.13 Å². The summed E-state index contributed by atoms with van der Waals surface area (Å²) in [7, 11) is 1.76. The summed E-state index contributed by atoms with van der Waals surface area (Å²) in [4.78, 5) is 15.6. The molecule has 0 radical (unpaired) electrons. The Bertz CT molecular complexity index is 327. The largest absolute Gasteiger partial charge is 0.396 e. The lowest BCUT2D eigenvalue weighted by molar-refractivity contribution is 0.0938. The van der Waals surface area contributed by atoms with Crippen molar-refractivity contribution in [2.24, 2.45) is 5.92 Å². The summed E-state index contributed by atoms with van der Waals surface area (Å²) in [5.74, 6) is -0.135. The van der Waals surface area contributed by atoms with Gasteiger partial charge >= 0.3 is 0 Å². The Balaban J connectivity index is 2.46. The van der Waals surface area contributed by atoms with Crippen LogP contribution in [0.15, 0.2) is 5.38 Å². The number of aliphatic hydroxyl groups is 1. The van der Waals surface area contributed by atoms with E-state index in [4.69, 9.17) is 5.11 Å². The zero-order valence-corrected chi connectivity index (χ0v) is 9.60. The minimum Gasteiger partial charge on any atom is -0.396 e. The van der Waals surface area contributed by atoms with E-state index in [-0.39, 0.29) is 18.4 Å². The highest BCUT2D eigenvalue weighted by atomic mass is 32.1.